The Labute approximate surface area is 81.8 Å². The summed E-state index contributed by atoms with van der Waals surface area (Å²) >= 11 is 0. The number of carbonyl (C=O) groups is 3. The average molecular weight is 198 g/mol. The number of amides is 2. The van der Waals surface area contributed by atoms with Crippen molar-refractivity contribution in [2.45, 2.75) is 20.3 Å². The fraction of sp³-hybridized carbons (Fsp3) is 0.667. The Morgan fingerprint density at radius 3 is 2.14 bits per heavy atom. The topological polar surface area (TPSA) is 103 Å². The Morgan fingerprint density at radius 2 is 1.86 bits per heavy atom. The summed E-state index contributed by atoms with van der Waals surface area (Å²) in [5.74, 6) is -2.65. The normalized spacial score (nSPS) is 29.4. The van der Waals surface area contributed by atoms with Crippen molar-refractivity contribution < 1.29 is 14.4 Å². The standard InChI is InChI=1S/C9H14N2O3/c1-9(2)4(3-5(10)12)7(13)6(9)8(11)14/h4,6H,3H2,1-2H3,(H2,10,12)(H2,11,14). The van der Waals surface area contributed by atoms with Gasteiger partial charge in [-0.3, -0.25) is 14.4 Å². The number of ketones is 1. The molecular weight excluding hydrogens is 184 g/mol. The van der Waals surface area contributed by atoms with Gasteiger partial charge in [0.15, 0.2) is 0 Å². The van der Waals surface area contributed by atoms with Gasteiger partial charge in [0.25, 0.3) is 0 Å². The lowest BCUT2D eigenvalue weighted by molar-refractivity contribution is -0.161. The highest BCUT2D eigenvalue weighted by molar-refractivity contribution is 6.09. The minimum absolute atomic E-state index is 0.00435. The van der Waals surface area contributed by atoms with Crippen molar-refractivity contribution in [1.29, 1.82) is 0 Å². The van der Waals surface area contributed by atoms with Crippen LogP contribution >= 0.6 is 0 Å². The molecule has 5 nitrogen and oxygen atoms in total. The molecule has 0 aliphatic heterocycles. The summed E-state index contributed by atoms with van der Waals surface area (Å²) in [6, 6.07) is 0. The van der Waals surface area contributed by atoms with E-state index in [0.29, 0.717) is 0 Å². The van der Waals surface area contributed by atoms with Crippen molar-refractivity contribution in [3.8, 4) is 0 Å². The van der Waals surface area contributed by atoms with E-state index in [2.05, 4.69) is 0 Å². The van der Waals surface area contributed by atoms with Crippen LogP contribution in [-0.2, 0) is 14.4 Å². The van der Waals surface area contributed by atoms with Crippen LogP contribution in [0.25, 0.3) is 0 Å². The molecule has 0 aromatic rings. The molecule has 1 aliphatic carbocycles. The largest absolute Gasteiger partial charge is 0.370 e. The third kappa shape index (κ3) is 1.38. The third-order valence-corrected chi connectivity index (χ3v) is 2.96. The summed E-state index contributed by atoms with van der Waals surface area (Å²) in [6.45, 7) is 3.49. The van der Waals surface area contributed by atoms with E-state index in [1.807, 2.05) is 0 Å². The summed E-state index contributed by atoms with van der Waals surface area (Å²) in [6.07, 6.45) is -0.00435. The van der Waals surface area contributed by atoms with Crippen molar-refractivity contribution in [2.75, 3.05) is 0 Å². The second kappa shape index (κ2) is 3.08. The van der Waals surface area contributed by atoms with Gasteiger partial charge in [-0.25, -0.2) is 0 Å². The van der Waals surface area contributed by atoms with Crippen molar-refractivity contribution in [3.05, 3.63) is 0 Å². The first-order valence-corrected chi connectivity index (χ1v) is 4.39. The van der Waals surface area contributed by atoms with E-state index in [9.17, 15) is 14.4 Å². The first-order chi connectivity index (χ1) is 6.28. The van der Waals surface area contributed by atoms with Crippen LogP contribution in [0.2, 0.25) is 0 Å². The van der Waals surface area contributed by atoms with Crippen molar-refractivity contribution in [1.82, 2.24) is 0 Å². The van der Waals surface area contributed by atoms with E-state index in [1.165, 1.54) is 0 Å². The summed E-state index contributed by atoms with van der Waals surface area (Å²) in [7, 11) is 0. The summed E-state index contributed by atoms with van der Waals surface area (Å²) in [5.41, 5.74) is 9.54. The third-order valence-electron chi connectivity index (χ3n) is 2.96. The Balaban J connectivity index is 2.81. The van der Waals surface area contributed by atoms with Crippen LogP contribution in [0.15, 0.2) is 0 Å². The molecule has 2 atom stereocenters. The van der Waals surface area contributed by atoms with Gasteiger partial charge >= 0.3 is 0 Å². The number of hydrogen-bond acceptors (Lipinski definition) is 3. The maximum Gasteiger partial charge on any atom is 0.228 e. The van der Waals surface area contributed by atoms with E-state index < -0.39 is 29.1 Å². The molecule has 78 valence electrons. The van der Waals surface area contributed by atoms with Crippen LogP contribution in [-0.4, -0.2) is 17.6 Å². The van der Waals surface area contributed by atoms with Gasteiger partial charge in [-0.15, -0.1) is 0 Å². The molecule has 1 saturated carbocycles. The van der Waals surface area contributed by atoms with Crippen LogP contribution in [0, 0.1) is 17.3 Å². The molecule has 2 amide bonds. The number of rotatable bonds is 3. The highest BCUT2D eigenvalue weighted by Crippen LogP contribution is 2.49. The van der Waals surface area contributed by atoms with E-state index in [0.717, 1.165) is 0 Å². The quantitative estimate of drug-likeness (QED) is 0.579. The molecule has 0 saturated heterocycles. The lowest BCUT2D eigenvalue weighted by atomic mass is 9.52. The molecule has 1 rings (SSSR count). The molecule has 4 N–H and O–H groups in total. The van der Waals surface area contributed by atoms with Crippen LogP contribution in [0.1, 0.15) is 20.3 Å². The Bertz CT molecular complexity index is 309. The van der Waals surface area contributed by atoms with Crippen LogP contribution in [0.4, 0.5) is 0 Å². The first-order valence-electron chi connectivity index (χ1n) is 4.39. The second-order valence-electron chi connectivity index (χ2n) is 4.28. The minimum atomic E-state index is -0.771. The molecule has 14 heavy (non-hydrogen) atoms. The van der Waals surface area contributed by atoms with Crippen molar-refractivity contribution >= 4 is 17.6 Å². The lowest BCUT2D eigenvalue weighted by Crippen LogP contribution is -2.60. The van der Waals surface area contributed by atoms with Gasteiger partial charge < -0.3 is 11.5 Å². The van der Waals surface area contributed by atoms with E-state index in [4.69, 9.17) is 11.5 Å². The molecule has 0 heterocycles. The molecule has 0 spiro atoms. The number of carbonyl (C=O) groups excluding carboxylic acids is 3. The summed E-state index contributed by atoms with van der Waals surface area (Å²) in [5, 5.41) is 0. The maximum absolute atomic E-state index is 11.4. The van der Waals surface area contributed by atoms with E-state index in [1.54, 1.807) is 13.8 Å². The molecule has 0 bridgehead atoms. The lowest BCUT2D eigenvalue weighted by Gasteiger charge is -2.48. The Morgan fingerprint density at radius 1 is 1.36 bits per heavy atom. The number of nitrogens with two attached hydrogens (primary N) is 2. The van der Waals surface area contributed by atoms with Crippen LogP contribution in [0.3, 0.4) is 0 Å². The number of Topliss-reactive ketones (excluding diaryl/α,β-unsaturated/α-hetero) is 1. The molecular formula is C9H14N2O3. The van der Waals surface area contributed by atoms with Crippen molar-refractivity contribution in [2.24, 2.45) is 28.7 Å². The smallest absolute Gasteiger partial charge is 0.228 e. The van der Waals surface area contributed by atoms with Crippen LogP contribution < -0.4 is 11.5 Å². The highest BCUT2D eigenvalue weighted by atomic mass is 16.2. The highest BCUT2D eigenvalue weighted by Gasteiger charge is 2.58. The predicted octanol–water partition coefficient (Wildman–Crippen LogP) is -0.812. The molecule has 1 fully saturated rings. The van der Waals surface area contributed by atoms with Crippen molar-refractivity contribution in [3.63, 3.8) is 0 Å². The monoisotopic (exact) mass is 198 g/mol. The minimum Gasteiger partial charge on any atom is -0.370 e. The average Bonchev–Trinajstić information content (AvgIpc) is 1.98. The van der Waals surface area contributed by atoms with Gasteiger partial charge in [-0.2, -0.15) is 0 Å². The van der Waals surface area contributed by atoms with Gasteiger partial charge in [-0.05, 0) is 5.41 Å². The number of primary amides is 2. The molecule has 1 aliphatic rings. The summed E-state index contributed by atoms with van der Waals surface area (Å²) < 4.78 is 0. The van der Waals surface area contributed by atoms with Gasteiger partial charge in [0.1, 0.15) is 11.7 Å². The first kappa shape index (κ1) is 10.7. The van der Waals surface area contributed by atoms with Gasteiger partial charge in [0.2, 0.25) is 11.8 Å². The Hall–Kier alpha value is -1.39. The van der Waals surface area contributed by atoms with Gasteiger partial charge in [0, 0.05) is 12.3 Å². The van der Waals surface area contributed by atoms with Crippen LogP contribution in [0.5, 0.6) is 0 Å². The zero-order valence-corrected chi connectivity index (χ0v) is 8.24. The molecule has 5 heteroatoms. The SMILES string of the molecule is CC1(C)C(CC(N)=O)C(=O)C1C(N)=O. The van der Waals surface area contributed by atoms with Gasteiger partial charge in [0.05, 0.1) is 0 Å². The Kier molecular flexibility index (Phi) is 2.35. The fourth-order valence-corrected chi connectivity index (χ4v) is 2.11. The molecule has 0 aromatic heterocycles. The molecule has 2 unspecified atom stereocenters. The zero-order valence-electron chi connectivity index (χ0n) is 8.24. The summed E-state index contributed by atoms with van der Waals surface area (Å²) in [4.78, 5) is 33.0. The second-order valence-corrected chi connectivity index (χ2v) is 4.28. The maximum atomic E-state index is 11.4. The van der Waals surface area contributed by atoms with Gasteiger partial charge in [-0.1, -0.05) is 13.8 Å². The zero-order chi connectivity index (χ0) is 11.1. The fourth-order valence-electron chi connectivity index (χ4n) is 2.11. The molecule has 0 radical (unpaired) electrons. The van der Waals surface area contributed by atoms with E-state index in [-0.39, 0.29) is 12.2 Å². The number of hydrogen-bond donors (Lipinski definition) is 2. The molecule has 0 aromatic carbocycles. The van der Waals surface area contributed by atoms with E-state index >= 15 is 0 Å². The predicted molar refractivity (Wildman–Crippen MR) is 48.8 cm³/mol.